The van der Waals surface area contributed by atoms with Crippen LogP contribution in [0.5, 0.6) is 5.75 Å². The van der Waals surface area contributed by atoms with Gasteiger partial charge in [-0.3, -0.25) is 20.4 Å². The number of phenols is 1. The molecule has 0 heterocycles. The van der Waals surface area contributed by atoms with E-state index in [-0.39, 0.29) is 27.8 Å². The molecule has 0 saturated heterocycles. The lowest BCUT2D eigenvalue weighted by molar-refractivity contribution is 0.0698. The molecule has 3 aromatic rings. The number of carbonyl (C=O) groups is 3. The SMILES string of the molecule is O=C(NNC(=O)c1cccc2cccc(C(=O)O)c12)c1cc(Br)ccc1O. The van der Waals surface area contributed by atoms with Crippen LogP contribution in [0.15, 0.2) is 59.1 Å². The van der Waals surface area contributed by atoms with Gasteiger partial charge in [0, 0.05) is 15.4 Å². The number of aromatic hydroxyl groups is 1. The van der Waals surface area contributed by atoms with Crippen molar-refractivity contribution < 1.29 is 24.6 Å². The first-order valence-corrected chi connectivity index (χ1v) is 8.52. The van der Waals surface area contributed by atoms with Crippen LogP contribution in [0.2, 0.25) is 0 Å². The molecule has 0 bridgehead atoms. The second kappa shape index (κ2) is 7.46. The van der Waals surface area contributed by atoms with E-state index in [1.165, 1.54) is 24.3 Å². The molecule has 0 atom stereocenters. The predicted octanol–water partition coefficient (Wildman–Crippen LogP) is 3.08. The summed E-state index contributed by atoms with van der Waals surface area (Å²) in [5.41, 5.74) is 4.50. The van der Waals surface area contributed by atoms with Crippen LogP contribution in [0.25, 0.3) is 10.8 Å². The second-order valence-corrected chi connectivity index (χ2v) is 6.50. The topological polar surface area (TPSA) is 116 Å². The van der Waals surface area contributed by atoms with Gasteiger partial charge >= 0.3 is 5.97 Å². The van der Waals surface area contributed by atoms with Gasteiger partial charge in [-0.25, -0.2) is 4.79 Å². The standard InChI is InChI=1S/C19H13BrN2O5/c20-11-7-8-15(23)14(9-11)18(25)22-21-17(24)12-5-1-3-10-4-2-6-13(16(10)12)19(26)27/h1-9,23H,(H,21,24)(H,22,25)(H,26,27). The first kappa shape index (κ1) is 18.4. The van der Waals surface area contributed by atoms with E-state index in [2.05, 4.69) is 26.8 Å². The number of fused-ring (bicyclic) bond motifs is 1. The summed E-state index contributed by atoms with van der Waals surface area (Å²) < 4.78 is 0.580. The number of nitrogens with one attached hydrogen (secondary N) is 2. The van der Waals surface area contributed by atoms with Gasteiger partial charge < -0.3 is 10.2 Å². The van der Waals surface area contributed by atoms with E-state index in [4.69, 9.17) is 0 Å². The van der Waals surface area contributed by atoms with Crippen molar-refractivity contribution in [1.29, 1.82) is 0 Å². The third kappa shape index (κ3) is 3.75. The molecule has 0 spiro atoms. The summed E-state index contributed by atoms with van der Waals surface area (Å²) in [6.07, 6.45) is 0. The van der Waals surface area contributed by atoms with Crippen LogP contribution >= 0.6 is 15.9 Å². The zero-order valence-corrected chi connectivity index (χ0v) is 15.3. The summed E-state index contributed by atoms with van der Waals surface area (Å²) in [6, 6.07) is 13.8. The highest BCUT2D eigenvalue weighted by Crippen LogP contribution is 2.24. The van der Waals surface area contributed by atoms with Crippen LogP contribution in [0, 0.1) is 0 Å². The van der Waals surface area contributed by atoms with Gasteiger partial charge in [0.15, 0.2) is 0 Å². The van der Waals surface area contributed by atoms with Gasteiger partial charge in [-0.2, -0.15) is 0 Å². The lowest BCUT2D eigenvalue weighted by Crippen LogP contribution is -2.41. The molecule has 0 radical (unpaired) electrons. The van der Waals surface area contributed by atoms with Crippen LogP contribution < -0.4 is 10.9 Å². The first-order chi connectivity index (χ1) is 12.9. The molecule has 27 heavy (non-hydrogen) atoms. The maximum atomic E-state index is 12.5. The third-order valence-corrected chi connectivity index (χ3v) is 4.37. The van der Waals surface area contributed by atoms with Crippen molar-refractivity contribution in [3.63, 3.8) is 0 Å². The highest BCUT2D eigenvalue weighted by molar-refractivity contribution is 9.10. The Morgan fingerprint density at radius 3 is 2.04 bits per heavy atom. The normalized spacial score (nSPS) is 10.4. The van der Waals surface area contributed by atoms with Crippen molar-refractivity contribution in [2.24, 2.45) is 0 Å². The number of aromatic carboxylic acids is 1. The molecule has 3 aromatic carbocycles. The molecule has 136 valence electrons. The fourth-order valence-corrected chi connectivity index (χ4v) is 3.01. The quantitative estimate of drug-likeness (QED) is 0.478. The number of carboxylic acid groups (broad SMARTS) is 1. The number of phenolic OH excluding ortho intramolecular Hbond substituents is 1. The van der Waals surface area contributed by atoms with Gasteiger partial charge in [-0.05, 0) is 35.7 Å². The number of hydrazine groups is 1. The van der Waals surface area contributed by atoms with Crippen molar-refractivity contribution in [1.82, 2.24) is 10.9 Å². The smallest absolute Gasteiger partial charge is 0.336 e. The van der Waals surface area contributed by atoms with E-state index in [9.17, 15) is 24.6 Å². The highest BCUT2D eigenvalue weighted by atomic mass is 79.9. The van der Waals surface area contributed by atoms with Gasteiger partial charge in [0.05, 0.1) is 11.1 Å². The average molecular weight is 429 g/mol. The minimum Gasteiger partial charge on any atom is -0.507 e. The maximum absolute atomic E-state index is 12.5. The Bertz CT molecular complexity index is 1080. The Labute approximate surface area is 161 Å². The summed E-state index contributed by atoms with van der Waals surface area (Å²) in [7, 11) is 0. The number of hydrogen-bond acceptors (Lipinski definition) is 4. The molecular weight excluding hydrogens is 416 g/mol. The van der Waals surface area contributed by atoms with Crippen LogP contribution in [-0.4, -0.2) is 28.0 Å². The summed E-state index contributed by atoms with van der Waals surface area (Å²) in [5.74, 6) is -2.81. The van der Waals surface area contributed by atoms with Crippen LogP contribution in [-0.2, 0) is 0 Å². The molecule has 2 amide bonds. The molecule has 0 saturated carbocycles. The monoisotopic (exact) mass is 428 g/mol. The summed E-state index contributed by atoms with van der Waals surface area (Å²) >= 11 is 3.20. The molecule has 0 unspecified atom stereocenters. The summed E-state index contributed by atoms with van der Waals surface area (Å²) in [5, 5.41) is 20.0. The van der Waals surface area contributed by atoms with Crippen LogP contribution in [0.3, 0.4) is 0 Å². The number of hydrogen-bond donors (Lipinski definition) is 4. The zero-order valence-electron chi connectivity index (χ0n) is 13.7. The van der Waals surface area contributed by atoms with Gasteiger partial charge in [0.1, 0.15) is 5.75 Å². The Hall–Kier alpha value is -3.39. The summed E-state index contributed by atoms with van der Waals surface area (Å²) in [6.45, 7) is 0. The lowest BCUT2D eigenvalue weighted by atomic mass is 9.99. The maximum Gasteiger partial charge on any atom is 0.336 e. The molecule has 0 aliphatic rings. The van der Waals surface area contributed by atoms with E-state index < -0.39 is 17.8 Å². The van der Waals surface area contributed by atoms with Crippen LogP contribution in [0.1, 0.15) is 31.1 Å². The molecule has 4 N–H and O–H groups in total. The van der Waals surface area contributed by atoms with Crippen molar-refractivity contribution in [2.45, 2.75) is 0 Å². The van der Waals surface area contributed by atoms with E-state index in [0.29, 0.717) is 9.86 Å². The molecular formula is C19H13BrN2O5. The lowest BCUT2D eigenvalue weighted by Gasteiger charge is -2.11. The Morgan fingerprint density at radius 1 is 0.815 bits per heavy atom. The molecule has 0 fully saturated rings. The molecule has 7 nitrogen and oxygen atoms in total. The van der Waals surface area contributed by atoms with E-state index in [1.54, 1.807) is 30.3 Å². The Morgan fingerprint density at radius 2 is 1.41 bits per heavy atom. The highest BCUT2D eigenvalue weighted by Gasteiger charge is 2.18. The van der Waals surface area contributed by atoms with E-state index in [1.807, 2.05) is 0 Å². The van der Waals surface area contributed by atoms with Crippen molar-refractivity contribution in [3.8, 4) is 5.75 Å². The number of carbonyl (C=O) groups excluding carboxylic acids is 2. The number of halogens is 1. The Balaban J connectivity index is 1.88. The minimum absolute atomic E-state index is 0.0192. The van der Waals surface area contributed by atoms with Crippen molar-refractivity contribution in [2.75, 3.05) is 0 Å². The number of carboxylic acids is 1. The second-order valence-electron chi connectivity index (χ2n) is 5.58. The molecule has 8 heteroatoms. The zero-order chi connectivity index (χ0) is 19.6. The van der Waals surface area contributed by atoms with Gasteiger partial charge in [-0.15, -0.1) is 0 Å². The Kier molecular flexibility index (Phi) is 5.09. The van der Waals surface area contributed by atoms with E-state index in [0.717, 1.165) is 0 Å². The molecule has 0 aliphatic carbocycles. The fourth-order valence-electron chi connectivity index (χ4n) is 2.65. The van der Waals surface area contributed by atoms with Crippen LogP contribution in [0.4, 0.5) is 0 Å². The minimum atomic E-state index is -1.16. The largest absolute Gasteiger partial charge is 0.507 e. The van der Waals surface area contributed by atoms with Gasteiger partial charge in [-0.1, -0.05) is 40.2 Å². The molecule has 0 aliphatic heterocycles. The predicted molar refractivity (Wildman–Crippen MR) is 102 cm³/mol. The van der Waals surface area contributed by atoms with Crippen molar-refractivity contribution >= 4 is 44.5 Å². The fraction of sp³-hybridized carbons (Fsp3) is 0. The van der Waals surface area contributed by atoms with E-state index >= 15 is 0 Å². The number of rotatable bonds is 3. The van der Waals surface area contributed by atoms with Gasteiger partial charge in [0.2, 0.25) is 0 Å². The average Bonchev–Trinajstić information content (AvgIpc) is 2.66. The van der Waals surface area contributed by atoms with Gasteiger partial charge in [0.25, 0.3) is 11.8 Å². The molecule has 0 aromatic heterocycles. The summed E-state index contributed by atoms with van der Waals surface area (Å²) in [4.78, 5) is 36.2. The number of benzene rings is 3. The first-order valence-electron chi connectivity index (χ1n) is 7.72. The van der Waals surface area contributed by atoms with Crippen molar-refractivity contribution in [3.05, 3.63) is 75.8 Å². The molecule has 3 rings (SSSR count). The number of amides is 2. The third-order valence-electron chi connectivity index (χ3n) is 3.87.